The number of phenolic OH excluding ortho intramolecular Hbond substituents is 1. The van der Waals surface area contributed by atoms with Gasteiger partial charge < -0.3 is 48.8 Å². The molecule has 2 N–H and O–H groups in total. The van der Waals surface area contributed by atoms with Gasteiger partial charge in [0.15, 0.2) is 0 Å². The molecule has 0 saturated heterocycles. The van der Waals surface area contributed by atoms with Crippen LogP contribution in [0.1, 0.15) is 5.56 Å². The lowest BCUT2D eigenvalue weighted by Crippen LogP contribution is -3.00. The molecule has 0 spiro atoms. The van der Waals surface area contributed by atoms with Crippen LogP contribution < -0.4 is 34.4 Å². The van der Waals surface area contributed by atoms with Gasteiger partial charge in [-0.15, -0.1) is 0 Å². The van der Waals surface area contributed by atoms with Crippen molar-refractivity contribution in [1.29, 1.82) is 0 Å². The van der Waals surface area contributed by atoms with E-state index < -0.39 is 6.09 Å². The van der Waals surface area contributed by atoms with Crippen molar-refractivity contribution in [2.24, 2.45) is 0 Å². The average Bonchev–Trinajstić information content (AvgIpc) is 2.20. The first-order valence-corrected chi connectivity index (χ1v) is 5.22. The van der Waals surface area contributed by atoms with E-state index in [4.69, 9.17) is 9.90 Å². The molecule has 0 heterocycles. The topological polar surface area (TPSA) is 72.4 Å². The molecule has 0 radical (unpaired) electrons. The van der Waals surface area contributed by atoms with E-state index in [2.05, 4.69) is 21.1 Å². The molecule has 0 atom stereocenters. The summed E-state index contributed by atoms with van der Waals surface area (Å²) in [6, 6.07) is 7.48. The number of benzene rings is 1. The van der Waals surface area contributed by atoms with Crippen molar-refractivity contribution in [3.63, 3.8) is 0 Å². The van der Waals surface area contributed by atoms with E-state index in [1.54, 1.807) is 6.07 Å². The van der Waals surface area contributed by atoms with Gasteiger partial charge in [-0.25, -0.2) is 0 Å². The van der Waals surface area contributed by atoms with Crippen LogP contribution in [0, 0.1) is 0 Å². The zero-order valence-corrected chi connectivity index (χ0v) is 13.3. The SMILES string of the molecule is CNC(=O)[O-].C[N+](C)(C)Cc1ccccc1O.[I-]. The highest BCUT2D eigenvalue weighted by Crippen LogP contribution is 2.18. The maximum Gasteiger partial charge on any atom is 0.133 e. The molecule has 1 rings (SSSR count). The molecule has 18 heavy (non-hydrogen) atoms. The second-order valence-corrected chi connectivity index (χ2v) is 4.61. The molecular formula is C12H20IN2O3-. The minimum atomic E-state index is -1.25. The Morgan fingerprint density at radius 1 is 1.33 bits per heavy atom. The predicted octanol–water partition coefficient (Wildman–Crippen LogP) is -2.85. The number of amides is 1. The number of phenols is 1. The lowest BCUT2D eigenvalue weighted by atomic mass is 10.2. The summed E-state index contributed by atoms with van der Waals surface area (Å²) in [6.07, 6.45) is -1.25. The number of para-hydroxylation sites is 1. The number of carboxylic acid groups (broad SMARTS) is 1. The zero-order chi connectivity index (χ0) is 13.5. The third-order valence-electron chi connectivity index (χ3n) is 1.84. The standard InChI is InChI=1S/C10H15NO.C2H5NO2.HI/c1-11(2,3)8-9-6-4-5-7-10(9)12;1-3-2(4)5;/h4-7H,8H2,1-3H3;3H,1H3,(H,4,5);1H/p-1. The monoisotopic (exact) mass is 367 g/mol. The van der Waals surface area contributed by atoms with Crippen molar-refractivity contribution < 1.29 is 43.5 Å². The summed E-state index contributed by atoms with van der Waals surface area (Å²) in [6.45, 7) is 0.854. The number of carbonyl (C=O) groups excluding carboxylic acids is 1. The van der Waals surface area contributed by atoms with Crippen molar-refractivity contribution in [2.75, 3.05) is 28.2 Å². The number of nitrogens with zero attached hydrogens (tertiary/aromatic N) is 1. The van der Waals surface area contributed by atoms with Crippen molar-refractivity contribution >= 4 is 6.09 Å². The van der Waals surface area contributed by atoms with Crippen LogP contribution in [-0.2, 0) is 6.54 Å². The summed E-state index contributed by atoms with van der Waals surface area (Å²) < 4.78 is 0.831. The van der Waals surface area contributed by atoms with Crippen LogP contribution in [0.25, 0.3) is 0 Å². The van der Waals surface area contributed by atoms with Crippen LogP contribution in [0.3, 0.4) is 0 Å². The fourth-order valence-corrected chi connectivity index (χ4v) is 1.16. The molecule has 1 amide bonds. The predicted molar refractivity (Wildman–Crippen MR) is 64.3 cm³/mol. The van der Waals surface area contributed by atoms with Crippen LogP contribution in [0.2, 0.25) is 0 Å². The summed E-state index contributed by atoms with van der Waals surface area (Å²) in [4.78, 5) is 9.15. The van der Waals surface area contributed by atoms with Crippen molar-refractivity contribution in [1.82, 2.24) is 5.32 Å². The highest BCUT2D eigenvalue weighted by atomic mass is 127. The molecule has 0 aliphatic rings. The van der Waals surface area contributed by atoms with E-state index in [1.165, 1.54) is 7.05 Å². The van der Waals surface area contributed by atoms with Gasteiger partial charge in [-0.1, -0.05) is 12.1 Å². The van der Waals surface area contributed by atoms with Crippen LogP contribution in [-0.4, -0.2) is 43.9 Å². The van der Waals surface area contributed by atoms with Crippen molar-refractivity contribution in [3.8, 4) is 5.75 Å². The summed E-state index contributed by atoms with van der Waals surface area (Å²) in [5.41, 5.74) is 1.00. The molecule has 0 bridgehead atoms. The van der Waals surface area contributed by atoms with Gasteiger partial charge in [-0.2, -0.15) is 0 Å². The molecule has 1 aromatic carbocycles. The summed E-state index contributed by atoms with van der Waals surface area (Å²) in [5.74, 6) is 0.394. The van der Waals surface area contributed by atoms with Crippen molar-refractivity contribution in [2.45, 2.75) is 6.54 Å². The Balaban J connectivity index is 0. The van der Waals surface area contributed by atoms with Gasteiger partial charge >= 0.3 is 0 Å². The maximum atomic E-state index is 9.46. The van der Waals surface area contributed by atoms with E-state index in [-0.39, 0.29) is 24.0 Å². The van der Waals surface area contributed by atoms with Gasteiger partial charge in [-0.05, 0) is 12.1 Å². The van der Waals surface area contributed by atoms with Gasteiger partial charge in [0.05, 0.1) is 21.1 Å². The van der Waals surface area contributed by atoms with Crippen LogP contribution in [0.4, 0.5) is 4.79 Å². The number of carbonyl (C=O) groups is 1. The molecule has 104 valence electrons. The molecule has 5 nitrogen and oxygen atoms in total. The Hall–Kier alpha value is -1.02. The Morgan fingerprint density at radius 2 is 1.78 bits per heavy atom. The minimum absolute atomic E-state index is 0. The fraction of sp³-hybridized carbons (Fsp3) is 0.417. The van der Waals surface area contributed by atoms with Crippen LogP contribution in [0.5, 0.6) is 5.75 Å². The first-order chi connectivity index (χ1) is 7.76. The second-order valence-electron chi connectivity index (χ2n) is 4.61. The second kappa shape index (κ2) is 8.98. The smallest absolute Gasteiger partial charge is 0.133 e. The zero-order valence-electron chi connectivity index (χ0n) is 11.1. The van der Waals surface area contributed by atoms with Gasteiger partial charge in [0.25, 0.3) is 0 Å². The third-order valence-corrected chi connectivity index (χ3v) is 1.84. The molecule has 0 saturated carbocycles. The van der Waals surface area contributed by atoms with E-state index in [0.29, 0.717) is 5.75 Å². The van der Waals surface area contributed by atoms with Gasteiger partial charge in [-0.3, -0.25) is 0 Å². The fourth-order valence-electron chi connectivity index (χ4n) is 1.16. The number of hydrogen-bond acceptors (Lipinski definition) is 3. The molecule has 0 aromatic heterocycles. The molecule has 1 aromatic rings. The van der Waals surface area contributed by atoms with Gasteiger partial charge in [0, 0.05) is 12.6 Å². The number of quaternary nitrogens is 1. The summed E-state index contributed by atoms with van der Waals surface area (Å²) >= 11 is 0. The van der Waals surface area contributed by atoms with Gasteiger partial charge in [0.2, 0.25) is 0 Å². The lowest BCUT2D eigenvalue weighted by Gasteiger charge is -2.24. The number of nitrogens with one attached hydrogen (secondary N) is 1. The number of halogens is 1. The Labute approximate surface area is 125 Å². The third kappa shape index (κ3) is 10.2. The molecule has 0 unspecified atom stereocenters. The first kappa shape index (κ1) is 19.3. The quantitative estimate of drug-likeness (QED) is 0.437. The van der Waals surface area contributed by atoms with Gasteiger partial charge in [0.1, 0.15) is 18.4 Å². The van der Waals surface area contributed by atoms with E-state index >= 15 is 0 Å². The van der Waals surface area contributed by atoms with E-state index in [1.807, 2.05) is 23.5 Å². The molecule has 0 aliphatic carbocycles. The summed E-state index contributed by atoms with van der Waals surface area (Å²) in [5, 5.41) is 20.4. The molecule has 0 fully saturated rings. The Kier molecular flexibility index (Phi) is 9.64. The Morgan fingerprint density at radius 3 is 2.11 bits per heavy atom. The van der Waals surface area contributed by atoms with E-state index in [0.717, 1.165) is 16.6 Å². The average molecular weight is 367 g/mol. The maximum absolute atomic E-state index is 9.46. The molecule has 6 heteroatoms. The number of hydrogen-bond donors (Lipinski definition) is 2. The Bertz CT molecular complexity index is 365. The lowest BCUT2D eigenvalue weighted by molar-refractivity contribution is -0.884. The largest absolute Gasteiger partial charge is 1.00 e. The van der Waals surface area contributed by atoms with E-state index in [9.17, 15) is 5.11 Å². The minimum Gasteiger partial charge on any atom is -1.00 e. The van der Waals surface area contributed by atoms with Crippen LogP contribution >= 0.6 is 0 Å². The number of aromatic hydroxyl groups is 1. The molecule has 0 aliphatic heterocycles. The first-order valence-electron chi connectivity index (χ1n) is 5.22. The highest BCUT2D eigenvalue weighted by Gasteiger charge is 2.10. The summed E-state index contributed by atoms with van der Waals surface area (Å²) in [7, 11) is 7.60. The van der Waals surface area contributed by atoms with Crippen LogP contribution in [0.15, 0.2) is 24.3 Å². The molecular weight excluding hydrogens is 347 g/mol. The van der Waals surface area contributed by atoms with Crippen molar-refractivity contribution in [3.05, 3.63) is 29.8 Å². The normalized spacial score (nSPS) is 9.56. The highest BCUT2D eigenvalue weighted by molar-refractivity contribution is 5.61. The number of rotatable bonds is 2.